The molecule has 0 bridgehead atoms. The van der Waals surface area contributed by atoms with E-state index in [2.05, 4.69) is 41.6 Å². The van der Waals surface area contributed by atoms with Gasteiger partial charge in [-0.05, 0) is 56.7 Å². The molecule has 6 heteroatoms. The summed E-state index contributed by atoms with van der Waals surface area (Å²) in [6.07, 6.45) is 0. The molecule has 1 aromatic carbocycles. The predicted octanol–water partition coefficient (Wildman–Crippen LogP) is 3.49. The average Bonchev–Trinajstić information content (AvgIpc) is 2.81. The Hall–Kier alpha value is -1.70. The second-order valence-corrected chi connectivity index (χ2v) is 5.62. The van der Waals surface area contributed by atoms with Gasteiger partial charge in [-0.3, -0.25) is 4.99 Å². The number of halogens is 1. The number of guanidine groups is 1. The molecule has 132 valence electrons. The van der Waals surface area contributed by atoms with Gasteiger partial charge in [-0.15, -0.1) is 24.0 Å². The van der Waals surface area contributed by atoms with Gasteiger partial charge < -0.3 is 19.9 Å². The van der Waals surface area contributed by atoms with Crippen LogP contribution in [0, 0.1) is 13.8 Å². The molecule has 2 aromatic rings. The molecule has 0 atom stereocenters. The van der Waals surface area contributed by atoms with Crippen LogP contribution in [0.2, 0.25) is 0 Å². The van der Waals surface area contributed by atoms with Crippen LogP contribution in [0.4, 0.5) is 0 Å². The monoisotopic (exact) mass is 442 g/mol. The number of rotatable bonds is 5. The lowest BCUT2D eigenvalue weighted by atomic mass is 10.2. The fourth-order valence-corrected chi connectivity index (χ4v) is 2.74. The second-order valence-electron chi connectivity index (χ2n) is 5.62. The average molecular weight is 442 g/mol. The molecule has 5 nitrogen and oxygen atoms in total. The standard InChI is InChI=1S/C18H26N4O.HI/c1-6-20-18(19)21(4)12-15-11-13(2)22(14(15)3)16-7-9-17(23-5)10-8-16;/h7-11H,6,12H2,1-5H3,(H2,19,20);1H. The van der Waals surface area contributed by atoms with Crippen molar-refractivity contribution in [3.05, 3.63) is 47.3 Å². The van der Waals surface area contributed by atoms with Crippen LogP contribution in [-0.4, -0.2) is 36.1 Å². The molecule has 0 aliphatic rings. The van der Waals surface area contributed by atoms with E-state index >= 15 is 0 Å². The summed E-state index contributed by atoms with van der Waals surface area (Å²) in [6.45, 7) is 7.67. The van der Waals surface area contributed by atoms with Crippen LogP contribution < -0.4 is 10.5 Å². The molecule has 24 heavy (non-hydrogen) atoms. The number of hydrogen-bond donors (Lipinski definition) is 1. The molecule has 1 heterocycles. The number of aromatic nitrogens is 1. The van der Waals surface area contributed by atoms with Gasteiger partial charge in [-0.1, -0.05) is 0 Å². The van der Waals surface area contributed by atoms with E-state index in [1.807, 2.05) is 31.0 Å². The van der Waals surface area contributed by atoms with Crippen LogP contribution >= 0.6 is 24.0 Å². The zero-order valence-electron chi connectivity index (χ0n) is 15.0. The molecule has 2 rings (SSSR count). The quantitative estimate of drug-likeness (QED) is 0.438. The van der Waals surface area contributed by atoms with E-state index in [1.165, 1.54) is 17.0 Å². The summed E-state index contributed by atoms with van der Waals surface area (Å²) in [5.74, 6) is 1.43. The Labute approximate surface area is 161 Å². The summed E-state index contributed by atoms with van der Waals surface area (Å²) in [5.41, 5.74) is 10.8. The number of hydrogen-bond acceptors (Lipinski definition) is 2. The lowest BCUT2D eigenvalue weighted by Crippen LogP contribution is -2.33. The molecule has 0 amide bonds. The topological polar surface area (TPSA) is 55.8 Å². The van der Waals surface area contributed by atoms with Crippen molar-refractivity contribution in [2.24, 2.45) is 10.7 Å². The van der Waals surface area contributed by atoms with Gasteiger partial charge in [0.2, 0.25) is 0 Å². The Balaban J connectivity index is 0.00000288. The number of benzene rings is 1. The summed E-state index contributed by atoms with van der Waals surface area (Å²) >= 11 is 0. The van der Waals surface area contributed by atoms with Crippen LogP contribution in [-0.2, 0) is 6.54 Å². The smallest absolute Gasteiger partial charge is 0.191 e. The number of methoxy groups -OCH3 is 1. The highest BCUT2D eigenvalue weighted by Gasteiger charge is 2.13. The van der Waals surface area contributed by atoms with Crippen LogP contribution in [0.15, 0.2) is 35.3 Å². The molecule has 1 aromatic heterocycles. The zero-order chi connectivity index (χ0) is 17.0. The first kappa shape index (κ1) is 20.3. The Morgan fingerprint density at radius 2 is 1.88 bits per heavy atom. The fourth-order valence-electron chi connectivity index (χ4n) is 2.74. The van der Waals surface area contributed by atoms with Gasteiger partial charge in [0.05, 0.1) is 7.11 Å². The van der Waals surface area contributed by atoms with Crippen molar-refractivity contribution in [1.82, 2.24) is 9.47 Å². The van der Waals surface area contributed by atoms with Gasteiger partial charge in [0, 0.05) is 37.2 Å². The summed E-state index contributed by atoms with van der Waals surface area (Å²) < 4.78 is 7.48. The number of aliphatic imine (C=N–C) groups is 1. The first-order chi connectivity index (χ1) is 11.0. The van der Waals surface area contributed by atoms with Crippen LogP contribution in [0.5, 0.6) is 5.75 Å². The lowest BCUT2D eigenvalue weighted by Gasteiger charge is -2.18. The van der Waals surface area contributed by atoms with Crippen molar-refractivity contribution >= 4 is 29.9 Å². The second kappa shape index (κ2) is 8.96. The van der Waals surface area contributed by atoms with Crippen molar-refractivity contribution in [3.8, 4) is 11.4 Å². The Bertz CT molecular complexity index is 692. The first-order valence-electron chi connectivity index (χ1n) is 7.81. The van der Waals surface area contributed by atoms with E-state index in [1.54, 1.807) is 7.11 Å². The molecule has 0 aliphatic carbocycles. The Morgan fingerprint density at radius 1 is 1.25 bits per heavy atom. The van der Waals surface area contributed by atoms with Crippen molar-refractivity contribution in [2.45, 2.75) is 27.3 Å². The van der Waals surface area contributed by atoms with Gasteiger partial charge in [-0.25, -0.2) is 0 Å². The number of ether oxygens (including phenoxy) is 1. The molecule has 0 saturated carbocycles. The SMILES string of the molecule is CCN=C(N)N(C)Cc1cc(C)n(-c2ccc(OC)cc2)c1C.I. The Morgan fingerprint density at radius 3 is 2.42 bits per heavy atom. The zero-order valence-corrected chi connectivity index (χ0v) is 17.4. The predicted molar refractivity (Wildman–Crippen MR) is 111 cm³/mol. The molecular weight excluding hydrogens is 415 g/mol. The highest BCUT2D eigenvalue weighted by Crippen LogP contribution is 2.23. The third-order valence-corrected chi connectivity index (χ3v) is 3.99. The van der Waals surface area contributed by atoms with Crippen molar-refractivity contribution in [2.75, 3.05) is 20.7 Å². The van der Waals surface area contributed by atoms with Crippen molar-refractivity contribution in [3.63, 3.8) is 0 Å². The van der Waals surface area contributed by atoms with E-state index in [9.17, 15) is 0 Å². The molecular formula is C18H27IN4O. The normalized spacial score (nSPS) is 11.1. The molecule has 2 N–H and O–H groups in total. The van der Waals surface area contributed by atoms with Crippen molar-refractivity contribution < 1.29 is 4.74 Å². The number of nitrogens with two attached hydrogens (primary N) is 1. The molecule has 0 saturated heterocycles. The van der Waals surface area contributed by atoms with E-state index in [4.69, 9.17) is 10.5 Å². The maximum Gasteiger partial charge on any atom is 0.191 e. The molecule has 0 fully saturated rings. The fraction of sp³-hybridized carbons (Fsp3) is 0.389. The number of aryl methyl sites for hydroxylation is 1. The molecule has 0 aliphatic heterocycles. The van der Waals surface area contributed by atoms with E-state index in [0.717, 1.165) is 18.0 Å². The highest BCUT2D eigenvalue weighted by atomic mass is 127. The maximum absolute atomic E-state index is 5.97. The van der Waals surface area contributed by atoms with Crippen LogP contribution in [0.25, 0.3) is 5.69 Å². The van der Waals surface area contributed by atoms with E-state index in [-0.39, 0.29) is 24.0 Å². The van der Waals surface area contributed by atoms with Crippen LogP contribution in [0.3, 0.4) is 0 Å². The minimum absolute atomic E-state index is 0. The lowest BCUT2D eigenvalue weighted by molar-refractivity contribution is 0.414. The minimum atomic E-state index is 0. The minimum Gasteiger partial charge on any atom is -0.497 e. The largest absolute Gasteiger partial charge is 0.497 e. The summed E-state index contributed by atoms with van der Waals surface area (Å²) in [6, 6.07) is 10.3. The summed E-state index contributed by atoms with van der Waals surface area (Å²) in [7, 11) is 3.64. The van der Waals surface area contributed by atoms with Crippen LogP contribution in [0.1, 0.15) is 23.9 Å². The van der Waals surface area contributed by atoms with Gasteiger partial charge in [0.25, 0.3) is 0 Å². The highest BCUT2D eigenvalue weighted by molar-refractivity contribution is 14.0. The third-order valence-electron chi connectivity index (χ3n) is 3.99. The molecule has 0 spiro atoms. The van der Waals surface area contributed by atoms with E-state index in [0.29, 0.717) is 12.5 Å². The van der Waals surface area contributed by atoms with Gasteiger partial charge in [0.15, 0.2) is 5.96 Å². The van der Waals surface area contributed by atoms with Crippen molar-refractivity contribution in [1.29, 1.82) is 0 Å². The third kappa shape index (κ3) is 4.43. The Kier molecular flexibility index (Phi) is 7.59. The number of nitrogens with zero attached hydrogens (tertiary/aromatic N) is 3. The first-order valence-corrected chi connectivity index (χ1v) is 7.81. The maximum atomic E-state index is 5.97. The summed E-state index contributed by atoms with van der Waals surface area (Å²) in [4.78, 5) is 6.23. The van der Waals surface area contributed by atoms with Gasteiger partial charge in [-0.2, -0.15) is 0 Å². The van der Waals surface area contributed by atoms with E-state index < -0.39 is 0 Å². The molecule has 0 unspecified atom stereocenters. The van der Waals surface area contributed by atoms with Gasteiger partial charge >= 0.3 is 0 Å². The molecule has 0 radical (unpaired) electrons. The van der Waals surface area contributed by atoms with Gasteiger partial charge in [0.1, 0.15) is 5.75 Å². The summed E-state index contributed by atoms with van der Waals surface area (Å²) in [5, 5.41) is 0.